The molecule has 0 fully saturated rings. The van der Waals surface area contributed by atoms with Crippen LogP contribution in [0.4, 0.5) is 14.6 Å². The Morgan fingerprint density at radius 2 is 2.27 bits per heavy atom. The maximum absolute atomic E-state index is 12.3. The van der Waals surface area contributed by atoms with E-state index >= 15 is 0 Å². The zero-order valence-electron chi connectivity index (χ0n) is 7.48. The molecule has 6 nitrogen and oxygen atoms in total. The predicted octanol–water partition coefficient (Wildman–Crippen LogP) is 1.64. The van der Waals surface area contributed by atoms with Gasteiger partial charge in [-0.15, -0.1) is 0 Å². The molecule has 82 valence electrons. The summed E-state index contributed by atoms with van der Waals surface area (Å²) in [4.78, 5) is 12.5. The summed E-state index contributed by atoms with van der Waals surface area (Å²) in [5.74, 6) is -2.16. The number of hydrogen-bond donors (Lipinski definition) is 1. The average Bonchev–Trinajstić information content (AvgIpc) is 2.16. The first kappa shape index (κ1) is 11.1. The summed E-state index contributed by atoms with van der Waals surface area (Å²) in [5, 5.41) is 19.5. The van der Waals surface area contributed by atoms with Crippen LogP contribution >= 0.6 is 0 Å². The van der Waals surface area contributed by atoms with Crippen LogP contribution in [0.25, 0.3) is 0 Å². The molecule has 1 aromatic rings. The van der Waals surface area contributed by atoms with Crippen molar-refractivity contribution < 1.29 is 23.5 Å². The number of methoxy groups -OCH3 is 1. The quantitative estimate of drug-likeness (QED) is 0.618. The van der Waals surface area contributed by atoms with Crippen LogP contribution in [0.5, 0.6) is 11.6 Å². The van der Waals surface area contributed by atoms with Crippen LogP contribution in [0.15, 0.2) is 6.07 Å². The van der Waals surface area contributed by atoms with Crippen LogP contribution in [-0.4, -0.2) is 22.1 Å². The van der Waals surface area contributed by atoms with Crippen molar-refractivity contribution in [3.05, 3.63) is 21.7 Å². The van der Waals surface area contributed by atoms with Gasteiger partial charge in [-0.2, -0.15) is 0 Å². The minimum Gasteiger partial charge on any atom is -0.501 e. The molecule has 15 heavy (non-hydrogen) atoms. The molecule has 1 rings (SSSR count). The van der Waals surface area contributed by atoms with Gasteiger partial charge in [0.05, 0.1) is 7.11 Å². The molecular formula is C7H6F2N2O4. The topological polar surface area (TPSA) is 85.5 Å². The molecule has 0 aliphatic carbocycles. The first-order chi connectivity index (χ1) is 6.97. The number of nitrogens with zero attached hydrogens (tertiary/aromatic N) is 2. The summed E-state index contributed by atoms with van der Waals surface area (Å²) in [7, 11) is 1.10. The molecule has 0 saturated carbocycles. The highest BCUT2D eigenvalue weighted by molar-refractivity contribution is 5.45. The van der Waals surface area contributed by atoms with Crippen molar-refractivity contribution in [1.82, 2.24) is 4.98 Å². The Morgan fingerprint density at radius 3 is 2.67 bits per heavy atom. The van der Waals surface area contributed by atoms with Crippen LogP contribution in [0.2, 0.25) is 0 Å². The first-order valence-corrected chi connectivity index (χ1v) is 3.67. The third-order valence-corrected chi connectivity index (χ3v) is 1.58. The smallest absolute Gasteiger partial charge is 0.376 e. The molecular weight excluding hydrogens is 214 g/mol. The number of rotatable bonds is 3. The second kappa shape index (κ2) is 4.03. The van der Waals surface area contributed by atoms with E-state index in [1.165, 1.54) is 0 Å². The van der Waals surface area contributed by atoms with Gasteiger partial charge in [-0.3, -0.25) is 0 Å². The average molecular weight is 220 g/mol. The van der Waals surface area contributed by atoms with E-state index in [0.29, 0.717) is 6.07 Å². The predicted molar refractivity (Wildman–Crippen MR) is 44.1 cm³/mol. The largest absolute Gasteiger partial charge is 0.501 e. The van der Waals surface area contributed by atoms with E-state index in [0.717, 1.165) is 7.11 Å². The van der Waals surface area contributed by atoms with E-state index < -0.39 is 34.4 Å². The van der Waals surface area contributed by atoms with Crippen molar-refractivity contribution in [3.63, 3.8) is 0 Å². The van der Waals surface area contributed by atoms with Gasteiger partial charge in [-0.05, 0) is 4.92 Å². The van der Waals surface area contributed by atoms with E-state index in [2.05, 4.69) is 9.72 Å². The van der Waals surface area contributed by atoms with Crippen LogP contribution in [0, 0.1) is 10.1 Å². The molecule has 0 aromatic carbocycles. The third-order valence-electron chi connectivity index (χ3n) is 1.58. The normalized spacial score (nSPS) is 10.4. The second-order valence-electron chi connectivity index (χ2n) is 2.49. The van der Waals surface area contributed by atoms with Crippen molar-refractivity contribution in [2.75, 3.05) is 7.11 Å². The highest BCUT2D eigenvalue weighted by atomic mass is 19.3. The lowest BCUT2D eigenvalue weighted by atomic mass is 10.2. The fourth-order valence-electron chi connectivity index (χ4n) is 0.949. The van der Waals surface area contributed by atoms with E-state index in [1.807, 2.05) is 0 Å². The highest BCUT2D eigenvalue weighted by Gasteiger charge is 2.27. The molecule has 0 atom stereocenters. The summed E-state index contributed by atoms with van der Waals surface area (Å²) in [6, 6.07) is 0.564. The Hall–Kier alpha value is -1.99. The molecule has 0 amide bonds. The monoisotopic (exact) mass is 220 g/mol. The second-order valence-corrected chi connectivity index (χ2v) is 2.49. The van der Waals surface area contributed by atoms with Crippen molar-refractivity contribution in [2.24, 2.45) is 0 Å². The van der Waals surface area contributed by atoms with E-state index in [1.54, 1.807) is 0 Å². The lowest BCUT2D eigenvalue weighted by Crippen LogP contribution is -2.01. The van der Waals surface area contributed by atoms with Gasteiger partial charge in [0.2, 0.25) is 5.75 Å². The van der Waals surface area contributed by atoms with E-state index in [4.69, 9.17) is 5.11 Å². The zero-order valence-corrected chi connectivity index (χ0v) is 7.48. The van der Waals surface area contributed by atoms with Gasteiger partial charge in [0.25, 0.3) is 6.43 Å². The molecule has 0 aliphatic heterocycles. The minimum atomic E-state index is -3.09. The van der Waals surface area contributed by atoms with Gasteiger partial charge in [0.15, 0.2) is 0 Å². The molecule has 0 unspecified atom stereocenters. The Kier molecular flexibility index (Phi) is 2.98. The Labute approximate surface area is 82.3 Å². The third kappa shape index (κ3) is 2.09. The molecule has 0 saturated heterocycles. The lowest BCUT2D eigenvalue weighted by molar-refractivity contribution is -0.391. The van der Waals surface area contributed by atoms with Gasteiger partial charge in [-0.25, -0.2) is 8.78 Å². The summed E-state index contributed by atoms with van der Waals surface area (Å²) in [5.41, 5.74) is -0.946. The van der Waals surface area contributed by atoms with E-state index in [9.17, 15) is 18.9 Å². The molecule has 0 aliphatic rings. The molecule has 1 N–H and O–H groups in total. The van der Waals surface area contributed by atoms with Gasteiger partial charge in [0, 0.05) is 11.1 Å². The molecule has 1 aromatic heterocycles. The fourth-order valence-corrected chi connectivity index (χ4v) is 0.949. The number of aromatic nitrogens is 1. The van der Waals surface area contributed by atoms with Crippen molar-refractivity contribution in [2.45, 2.75) is 6.43 Å². The SMILES string of the molecule is COc1nc([N+](=O)[O-])c(C(F)F)cc1O. The lowest BCUT2D eigenvalue weighted by Gasteiger charge is -2.03. The van der Waals surface area contributed by atoms with Gasteiger partial charge in [0.1, 0.15) is 5.56 Å². The number of alkyl halides is 2. The standard InChI is InChI=1S/C7H6F2N2O4/c1-15-7-4(12)2-3(5(8)9)6(10-7)11(13)14/h2,5,12H,1H3. The van der Waals surface area contributed by atoms with Crippen LogP contribution < -0.4 is 4.74 Å². The van der Waals surface area contributed by atoms with Gasteiger partial charge in [-0.1, -0.05) is 0 Å². The molecule has 0 spiro atoms. The summed E-state index contributed by atoms with van der Waals surface area (Å²) >= 11 is 0. The minimum absolute atomic E-state index is 0.467. The number of hydrogen-bond acceptors (Lipinski definition) is 5. The molecule has 0 bridgehead atoms. The summed E-state index contributed by atoms with van der Waals surface area (Å²) in [6.45, 7) is 0. The maximum atomic E-state index is 12.3. The van der Waals surface area contributed by atoms with Crippen LogP contribution in [0.1, 0.15) is 12.0 Å². The number of pyridine rings is 1. The van der Waals surface area contributed by atoms with Gasteiger partial charge < -0.3 is 20.0 Å². The van der Waals surface area contributed by atoms with Crippen molar-refractivity contribution in [1.29, 1.82) is 0 Å². The zero-order chi connectivity index (χ0) is 11.6. The van der Waals surface area contributed by atoms with Gasteiger partial charge >= 0.3 is 11.7 Å². The first-order valence-electron chi connectivity index (χ1n) is 3.67. The number of halogens is 2. The molecule has 1 heterocycles. The molecule has 0 radical (unpaired) electrons. The van der Waals surface area contributed by atoms with E-state index in [-0.39, 0.29) is 0 Å². The number of nitro groups is 1. The maximum Gasteiger partial charge on any atom is 0.376 e. The Bertz CT molecular complexity index is 397. The number of ether oxygens (including phenoxy) is 1. The van der Waals surface area contributed by atoms with Crippen LogP contribution in [0.3, 0.4) is 0 Å². The Morgan fingerprint density at radius 1 is 1.67 bits per heavy atom. The number of aromatic hydroxyl groups is 1. The molecule has 8 heteroatoms. The Balaban J connectivity index is 3.39. The van der Waals surface area contributed by atoms with Crippen LogP contribution in [-0.2, 0) is 0 Å². The fraction of sp³-hybridized carbons (Fsp3) is 0.286. The van der Waals surface area contributed by atoms with Crippen molar-refractivity contribution in [3.8, 4) is 11.6 Å². The summed E-state index contributed by atoms with van der Waals surface area (Å²) in [6.07, 6.45) is -3.09. The summed E-state index contributed by atoms with van der Waals surface area (Å²) < 4.78 is 29.1. The highest BCUT2D eigenvalue weighted by Crippen LogP contribution is 2.34. The van der Waals surface area contributed by atoms with Crippen molar-refractivity contribution >= 4 is 5.82 Å².